The summed E-state index contributed by atoms with van der Waals surface area (Å²) in [5.74, 6) is 0.713. The van der Waals surface area contributed by atoms with Gasteiger partial charge >= 0.3 is 0 Å². The van der Waals surface area contributed by atoms with Crippen LogP contribution in [0.3, 0.4) is 0 Å². The molecule has 0 aliphatic rings. The Balaban J connectivity index is 2.66. The van der Waals surface area contributed by atoms with E-state index in [1.165, 1.54) is 6.26 Å². The van der Waals surface area contributed by atoms with Crippen molar-refractivity contribution in [1.82, 2.24) is 10.6 Å². The molecular weight excluding hydrogens is 274 g/mol. The van der Waals surface area contributed by atoms with Crippen molar-refractivity contribution in [3.05, 3.63) is 29.8 Å². The quantitative estimate of drug-likeness (QED) is 0.656. The second-order valence-electron chi connectivity index (χ2n) is 5.72. The molecule has 1 aromatic carbocycles. The maximum Gasteiger partial charge on any atom is 0.191 e. The molecule has 0 fully saturated rings. The Morgan fingerprint density at radius 2 is 1.75 bits per heavy atom. The van der Waals surface area contributed by atoms with Crippen molar-refractivity contribution in [2.24, 2.45) is 4.99 Å². The van der Waals surface area contributed by atoms with Gasteiger partial charge in [0.25, 0.3) is 0 Å². The lowest BCUT2D eigenvalue weighted by molar-refractivity contribution is 0.501. The van der Waals surface area contributed by atoms with Gasteiger partial charge in [-0.3, -0.25) is 4.99 Å². The summed E-state index contributed by atoms with van der Waals surface area (Å²) in [4.78, 5) is 4.48. The molecule has 0 heterocycles. The molecule has 0 saturated heterocycles. The van der Waals surface area contributed by atoms with Gasteiger partial charge in [0.1, 0.15) is 0 Å². The van der Waals surface area contributed by atoms with Crippen molar-refractivity contribution in [2.75, 3.05) is 13.3 Å². The summed E-state index contributed by atoms with van der Waals surface area (Å²) >= 11 is 0. The summed E-state index contributed by atoms with van der Waals surface area (Å²) in [7, 11) is -1.42. The molecule has 112 valence electrons. The van der Waals surface area contributed by atoms with Crippen LogP contribution in [-0.4, -0.2) is 33.2 Å². The van der Waals surface area contributed by atoms with Crippen LogP contribution >= 0.6 is 0 Å². The number of rotatable bonds is 3. The van der Waals surface area contributed by atoms with Crippen LogP contribution in [0.1, 0.15) is 26.3 Å². The Bertz CT molecular complexity index is 569. The fourth-order valence-corrected chi connectivity index (χ4v) is 2.21. The van der Waals surface area contributed by atoms with Crippen molar-refractivity contribution in [3.8, 4) is 0 Å². The van der Waals surface area contributed by atoms with Crippen LogP contribution in [0, 0.1) is 0 Å². The van der Waals surface area contributed by atoms with Crippen LogP contribution in [0.2, 0.25) is 0 Å². The molecule has 0 saturated carbocycles. The van der Waals surface area contributed by atoms with Crippen LogP contribution < -0.4 is 10.6 Å². The Morgan fingerprint density at radius 3 is 2.15 bits per heavy atom. The van der Waals surface area contributed by atoms with Gasteiger partial charge in [-0.1, -0.05) is 12.1 Å². The van der Waals surface area contributed by atoms with Gasteiger partial charge < -0.3 is 10.6 Å². The van der Waals surface area contributed by atoms with Crippen LogP contribution in [0.15, 0.2) is 34.2 Å². The highest BCUT2D eigenvalue weighted by Gasteiger charge is 2.11. The minimum atomic E-state index is -3.14. The summed E-state index contributed by atoms with van der Waals surface area (Å²) < 4.78 is 22.7. The van der Waals surface area contributed by atoms with Crippen molar-refractivity contribution in [2.45, 2.75) is 37.8 Å². The first-order chi connectivity index (χ1) is 9.12. The third kappa shape index (κ3) is 5.61. The molecule has 0 unspecified atom stereocenters. The van der Waals surface area contributed by atoms with E-state index in [9.17, 15) is 8.42 Å². The molecule has 0 radical (unpaired) electrons. The monoisotopic (exact) mass is 297 g/mol. The average Bonchev–Trinajstić information content (AvgIpc) is 2.32. The molecule has 5 nitrogen and oxygen atoms in total. The third-order valence-corrected chi connectivity index (χ3v) is 3.66. The summed E-state index contributed by atoms with van der Waals surface area (Å²) in [6, 6.07) is 6.83. The molecule has 0 spiro atoms. The largest absolute Gasteiger partial charge is 0.352 e. The lowest BCUT2D eigenvalue weighted by atomic mass is 10.1. The summed E-state index contributed by atoms with van der Waals surface area (Å²) in [5.41, 5.74) is 0.927. The minimum absolute atomic E-state index is 0.0675. The molecule has 1 aromatic rings. The second kappa shape index (κ2) is 6.26. The van der Waals surface area contributed by atoms with E-state index in [0.717, 1.165) is 5.56 Å². The first-order valence-electron chi connectivity index (χ1n) is 6.40. The molecule has 20 heavy (non-hydrogen) atoms. The predicted molar refractivity (Wildman–Crippen MR) is 82.6 cm³/mol. The van der Waals surface area contributed by atoms with E-state index in [4.69, 9.17) is 0 Å². The van der Waals surface area contributed by atoms with E-state index < -0.39 is 9.84 Å². The average molecular weight is 297 g/mol. The lowest BCUT2D eigenvalue weighted by Crippen LogP contribution is -2.47. The molecule has 1 rings (SSSR count). The van der Waals surface area contributed by atoms with E-state index in [0.29, 0.717) is 17.4 Å². The fraction of sp³-hybridized carbons (Fsp3) is 0.500. The lowest BCUT2D eigenvalue weighted by Gasteiger charge is -2.23. The van der Waals surface area contributed by atoms with Gasteiger partial charge in [-0.15, -0.1) is 0 Å². The van der Waals surface area contributed by atoms with Gasteiger partial charge in [-0.25, -0.2) is 8.42 Å². The fourth-order valence-electron chi connectivity index (χ4n) is 1.57. The minimum Gasteiger partial charge on any atom is -0.352 e. The smallest absolute Gasteiger partial charge is 0.191 e. The number of aliphatic imine (C=N–C) groups is 1. The number of guanidine groups is 1. The van der Waals surface area contributed by atoms with E-state index in [1.54, 1.807) is 31.3 Å². The topological polar surface area (TPSA) is 70.6 Å². The zero-order valence-corrected chi connectivity index (χ0v) is 13.5. The van der Waals surface area contributed by atoms with Crippen molar-refractivity contribution in [3.63, 3.8) is 0 Å². The zero-order valence-electron chi connectivity index (χ0n) is 12.7. The van der Waals surface area contributed by atoms with Crippen molar-refractivity contribution < 1.29 is 8.42 Å². The van der Waals surface area contributed by atoms with Gasteiger partial charge in [0.2, 0.25) is 0 Å². The molecule has 0 bridgehead atoms. The van der Waals surface area contributed by atoms with Gasteiger partial charge in [-0.05, 0) is 38.5 Å². The molecule has 0 atom stereocenters. The number of nitrogens with one attached hydrogen (secondary N) is 2. The summed E-state index contributed by atoms with van der Waals surface area (Å²) in [6.45, 7) is 6.75. The summed E-state index contributed by atoms with van der Waals surface area (Å²) in [6.07, 6.45) is 1.20. The van der Waals surface area contributed by atoms with Crippen LogP contribution in [-0.2, 0) is 16.4 Å². The molecule has 6 heteroatoms. The van der Waals surface area contributed by atoms with Gasteiger partial charge in [-0.2, -0.15) is 0 Å². The van der Waals surface area contributed by atoms with Crippen LogP contribution in [0.25, 0.3) is 0 Å². The predicted octanol–water partition coefficient (Wildman–Crippen LogP) is 1.55. The van der Waals surface area contributed by atoms with Gasteiger partial charge in [0, 0.05) is 25.4 Å². The highest BCUT2D eigenvalue weighted by Crippen LogP contribution is 2.10. The Hall–Kier alpha value is -1.56. The second-order valence-corrected chi connectivity index (χ2v) is 7.73. The first-order valence-corrected chi connectivity index (χ1v) is 8.29. The molecule has 0 aliphatic carbocycles. The number of hydrogen-bond donors (Lipinski definition) is 2. The van der Waals surface area contributed by atoms with E-state index in [2.05, 4.69) is 36.4 Å². The Labute approximate surface area is 121 Å². The number of benzene rings is 1. The number of hydrogen-bond acceptors (Lipinski definition) is 3. The molecule has 0 amide bonds. The number of sulfone groups is 1. The molecule has 2 N–H and O–H groups in total. The first kappa shape index (κ1) is 16.5. The van der Waals surface area contributed by atoms with Gasteiger partial charge in [0.05, 0.1) is 4.90 Å². The molecule has 0 aliphatic heterocycles. The van der Waals surface area contributed by atoms with Crippen molar-refractivity contribution >= 4 is 15.8 Å². The maximum absolute atomic E-state index is 11.4. The van der Waals surface area contributed by atoms with E-state index in [-0.39, 0.29) is 5.54 Å². The highest BCUT2D eigenvalue weighted by molar-refractivity contribution is 7.90. The van der Waals surface area contributed by atoms with Crippen LogP contribution in [0.5, 0.6) is 0 Å². The van der Waals surface area contributed by atoms with E-state index in [1.807, 2.05) is 0 Å². The molecular formula is C14H23N3O2S. The Morgan fingerprint density at radius 1 is 1.20 bits per heavy atom. The van der Waals surface area contributed by atoms with Crippen LogP contribution in [0.4, 0.5) is 0 Å². The standard InChI is InChI=1S/C14H23N3O2S/c1-14(2,3)17-13(15-4)16-10-11-6-8-12(9-7-11)20(5,18)19/h6-9H,10H2,1-5H3,(H2,15,16,17). The molecule has 0 aromatic heterocycles. The van der Waals surface area contributed by atoms with E-state index >= 15 is 0 Å². The maximum atomic E-state index is 11.4. The Kier molecular flexibility index (Phi) is 5.16. The summed E-state index contributed by atoms with van der Waals surface area (Å²) in [5, 5.41) is 6.44. The SMILES string of the molecule is CN=C(NCc1ccc(S(C)(=O)=O)cc1)NC(C)(C)C. The van der Waals surface area contributed by atoms with Crippen molar-refractivity contribution in [1.29, 1.82) is 0 Å². The zero-order chi connectivity index (χ0) is 15.4. The third-order valence-electron chi connectivity index (χ3n) is 2.53. The van der Waals surface area contributed by atoms with Gasteiger partial charge in [0.15, 0.2) is 15.8 Å². The highest BCUT2D eigenvalue weighted by atomic mass is 32.2. The normalized spacial score (nSPS) is 13.2. The number of nitrogens with zero attached hydrogens (tertiary/aromatic N) is 1.